The Labute approximate surface area is 137 Å². The number of furan rings is 2. The second-order valence-electron chi connectivity index (χ2n) is 5.56. The average molecular weight is 312 g/mol. The van der Waals surface area contributed by atoms with Gasteiger partial charge in [-0.05, 0) is 35.4 Å². The highest BCUT2D eigenvalue weighted by atomic mass is 16.3. The maximum Gasteiger partial charge on any atom is 0.196 e. The first kappa shape index (κ1) is 13.1. The lowest BCUT2D eigenvalue weighted by molar-refractivity contribution is 0.577. The monoisotopic (exact) mass is 312 g/mol. The van der Waals surface area contributed by atoms with Crippen molar-refractivity contribution in [2.24, 2.45) is 0 Å². The minimum Gasteiger partial charge on any atom is -0.461 e. The fourth-order valence-corrected chi connectivity index (χ4v) is 2.90. The van der Waals surface area contributed by atoms with Crippen LogP contribution in [0.3, 0.4) is 0 Å². The van der Waals surface area contributed by atoms with Gasteiger partial charge in [-0.15, -0.1) is 0 Å². The van der Waals surface area contributed by atoms with Gasteiger partial charge < -0.3 is 8.83 Å². The summed E-state index contributed by atoms with van der Waals surface area (Å²) in [5.74, 6) is 1.20. The number of rotatable bonds is 2. The Morgan fingerprint density at radius 3 is 2.54 bits per heavy atom. The van der Waals surface area contributed by atoms with Crippen molar-refractivity contribution in [2.45, 2.75) is 0 Å². The second-order valence-corrected chi connectivity index (χ2v) is 5.56. The Balaban J connectivity index is 1.75. The van der Waals surface area contributed by atoms with Crippen molar-refractivity contribution in [1.82, 2.24) is 9.97 Å². The largest absolute Gasteiger partial charge is 0.461 e. The van der Waals surface area contributed by atoms with E-state index < -0.39 is 0 Å². The van der Waals surface area contributed by atoms with E-state index in [0.717, 1.165) is 27.6 Å². The van der Waals surface area contributed by atoms with E-state index in [2.05, 4.69) is 34.2 Å². The summed E-state index contributed by atoms with van der Waals surface area (Å²) in [6.45, 7) is 0. The molecule has 0 saturated heterocycles. The van der Waals surface area contributed by atoms with E-state index in [1.807, 2.05) is 36.4 Å². The van der Waals surface area contributed by atoms with E-state index in [-0.39, 0.29) is 0 Å². The number of hydrogen-bond acceptors (Lipinski definition) is 4. The quantitative estimate of drug-likeness (QED) is 0.443. The van der Waals surface area contributed by atoms with E-state index >= 15 is 0 Å². The molecular weight excluding hydrogens is 300 g/mol. The van der Waals surface area contributed by atoms with Gasteiger partial charge in [0, 0.05) is 5.39 Å². The highest BCUT2D eigenvalue weighted by molar-refractivity contribution is 6.04. The highest BCUT2D eigenvalue weighted by Gasteiger charge is 2.13. The van der Waals surface area contributed by atoms with Crippen molar-refractivity contribution in [3.63, 3.8) is 0 Å². The van der Waals surface area contributed by atoms with Crippen LogP contribution in [0.5, 0.6) is 0 Å². The van der Waals surface area contributed by atoms with Crippen LogP contribution in [0.15, 0.2) is 82.0 Å². The van der Waals surface area contributed by atoms with Crippen LogP contribution < -0.4 is 0 Å². The SMILES string of the molecule is c1ccc(-c2ccc3oc4cnc(-c5ccco5)nc4c3c2)cc1. The van der Waals surface area contributed by atoms with Gasteiger partial charge in [-0.3, -0.25) is 0 Å². The summed E-state index contributed by atoms with van der Waals surface area (Å²) >= 11 is 0. The molecule has 5 rings (SSSR count). The van der Waals surface area contributed by atoms with Gasteiger partial charge in [0.05, 0.1) is 12.5 Å². The Kier molecular flexibility index (Phi) is 2.76. The van der Waals surface area contributed by atoms with Crippen LogP contribution in [0.4, 0.5) is 0 Å². The third-order valence-electron chi connectivity index (χ3n) is 4.06. The summed E-state index contributed by atoms with van der Waals surface area (Å²) in [7, 11) is 0. The molecule has 4 nitrogen and oxygen atoms in total. The van der Waals surface area contributed by atoms with Gasteiger partial charge in [0.1, 0.15) is 11.1 Å². The van der Waals surface area contributed by atoms with Crippen LogP contribution in [0, 0.1) is 0 Å². The van der Waals surface area contributed by atoms with Crippen molar-refractivity contribution < 1.29 is 8.83 Å². The maximum absolute atomic E-state index is 5.86. The summed E-state index contributed by atoms with van der Waals surface area (Å²) in [5.41, 5.74) is 4.56. The lowest BCUT2D eigenvalue weighted by Gasteiger charge is -2.01. The molecule has 3 aromatic heterocycles. The van der Waals surface area contributed by atoms with Crippen molar-refractivity contribution in [2.75, 3.05) is 0 Å². The van der Waals surface area contributed by atoms with Crippen molar-refractivity contribution in [1.29, 1.82) is 0 Å². The fraction of sp³-hybridized carbons (Fsp3) is 0. The molecule has 0 fully saturated rings. The predicted molar refractivity (Wildman–Crippen MR) is 92.4 cm³/mol. The van der Waals surface area contributed by atoms with Gasteiger partial charge in [-0.25, -0.2) is 9.97 Å². The Hall–Kier alpha value is -3.40. The van der Waals surface area contributed by atoms with Crippen LogP contribution in [-0.4, -0.2) is 9.97 Å². The van der Waals surface area contributed by atoms with Crippen molar-refractivity contribution in [3.05, 3.63) is 73.1 Å². The predicted octanol–water partition coefficient (Wildman–Crippen LogP) is 5.30. The minimum absolute atomic E-state index is 0.556. The molecule has 0 aliphatic heterocycles. The smallest absolute Gasteiger partial charge is 0.196 e. The number of hydrogen-bond donors (Lipinski definition) is 0. The van der Waals surface area contributed by atoms with Crippen LogP contribution >= 0.6 is 0 Å². The zero-order valence-corrected chi connectivity index (χ0v) is 12.6. The molecule has 114 valence electrons. The lowest BCUT2D eigenvalue weighted by atomic mass is 10.0. The molecule has 3 heterocycles. The summed E-state index contributed by atoms with van der Waals surface area (Å²) in [5, 5.41) is 0.974. The number of aromatic nitrogens is 2. The molecule has 0 atom stereocenters. The number of nitrogens with zero attached hydrogens (tertiary/aromatic N) is 2. The minimum atomic E-state index is 0.556. The normalized spacial score (nSPS) is 11.3. The van der Waals surface area contributed by atoms with Gasteiger partial charge in [-0.2, -0.15) is 0 Å². The first-order chi connectivity index (χ1) is 11.9. The van der Waals surface area contributed by atoms with Gasteiger partial charge in [0.15, 0.2) is 17.2 Å². The van der Waals surface area contributed by atoms with E-state index in [9.17, 15) is 0 Å². The molecular formula is C20H12N2O2. The zero-order chi connectivity index (χ0) is 15.9. The third kappa shape index (κ3) is 2.01. The Bertz CT molecular complexity index is 1140. The van der Waals surface area contributed by atoms with Gasteiger partial charge >= 0.3 is 0 Å². The van der Waals surface area contributed by atoms with Gasteiger partial charge in [-0.1, -0.05) is 36.4 Å². The molecule has 0 saturated carbocycles. The molecule has 0 bridgehead atoms. The first-order valence-corrected chi connectivity index (χ1v) is 7.67. The third-order valence-corrected chi connectivity index (χ3v) is 4.06. The van der Waals surface area contributed by atoms with E-state index in [4.69, 9.17) is 8.83 Å². The lowest BCUT2D eigenvalue weighted by Crippen LogP contribution is -1.86. The summed E-state index contributed by atoms with van der Waals surface area (Å²) in [6.07, 6.45) is 3.31. The first-order valence-electron chi connectivity index (χ1n) is 7.67. The molecule has 0 aliphatic rings. The summed E-state index contributed by atoms with van der Waals surface area (Å²) in [6, 6.07) is 20.1. The molecule has 0 spiro atoms. The molecule has 24 heavy (non-hydrogen) atoms. The van der Waals surface area contributed by atoms with Crippen molar-refractivity contribution >= 4 is 22.1 Å². The van der Waals surface area contributed by atoms with E-state index in [1.165, 1.54) is 0 Å². The number of fused-ring (bicyclic) bond motifs is 3. The van der Waals surface area contributed by atoms with Crippen LogP contribution in [0.1, 0.15) is 0 Å². The molecule has 0 aliphatic carbocycles. The van der Waals surface area contributed by atoms with Gasteiger partial charge in [0.2, 0.25) is 0 Å². The molecule has 5 aromatic rings. The Morgan fingerprint density at radius 2 is 1.71 bits per heavy atom. The molecule has 0 amide bonds. The topological polar surface area (TPSA) is 52.1 Å². The standard InChI is InChI=1S/C20H12N2O2/c1-2-5-13(6-3-1)14-8-9-16-15(11-14)19-18(24-16)12-21-20(22-19)17-7-4-10-23-17/h1-12H. The fourth-order valence-electron chi connectivity index (χ4n) is 2.90. The van der Waals surface area contributed by atoms with Crippen LogP contribution in [-0.2, 0) is 0 Å². The van der Waals surface area contributed by atoms with Gasteiger partial charge in [0.25, 0.3) is 0 Å². The maximum atomic E-state index is 5.86. The molecule has 2 aromatic carbocycles. The highest BCUT2D eigenvalue weighted by Crippen LogP contribution is 2.32. The average Bonchev–Trinajstić information content (AvgIpc) is 3.29. The number of benzene rings is 2. The molecule has 0 radical (unpaired) electrons. The Morgan fingerprint density at radius 1 is 0.792 bits per heavy atom. The summed E-state index contributed by atoms with van der Waals surface area (Å²) < 4.78 is 11.3. The zero-order valence-electron chi connectivity index (χ0n) is 12.6. The second kappa shape index (κ2) is 5.06. The van der Waals surface area contributed by atoms with E-state index in [1.54, 1.807) is 12.5 Å². The van der Waals surface area contributed by atoms with E-state index in [0.29, 0.717) is 17.2 Å². The van der Waals surface area contributed by atoms with Crippen LogP contribution in [0.2, 0.25) is 0 Å². The molecule has 0 unspecified atom stereocenters. The molecule has 4 heteroatoms. The van der Waals surface area contributed by atoms with Crippen LogP contribution in [0.25, 0.3) is 44.8 Å². The molecule has 0 N–H and O–H groups in total. The van der Waals surface area contributed by atoms with Crippen molar-refractivity contribution in [3.8, 4) is 22.7 Å². The summed E-state index contributed by atoms with van der Waals surface area (Å²) in [4.78, 5) is 8.97.